The predicted octanol–water partition coefficient (Wildman–Crippen LogP) is 1.63. The van der Waals surface area contributed by atoms with Crippen LogP contribution in [0.1, 0.15) is 36.1 Å². The molecule has 1 atom stereocenters. The molecule has 0 aromatic carbocycles. The summed E-state index contributed by atoms with van der Waals surface area (Å²) in [5.41, 5.74) is 0.494. The summed E-state index contributed by atoms with van der Waals surface area (Å²) < 4.78 is 0. The van der Waals surface area contributed by atoms with E-state index in [0.717, 1.165) is 38.4 Å². The number of amides is 1. The van der Waals surface area contributed by atoms with Gasteiger partial charge in [-0.2, -0.15) is 0 Å². The van der Waals surface area contributed by atoms with E-state index in [1.807, 2.05) is 25.9 Å². The lowest BCUT2D eigenvalue weighted by atomic mass is 10.00. The van der Waals surface area contributed by atoms with Crippen LogP contribution in [0, 0.1) is 12.8 Å². The van der Waals surface area contributed by atoms with Crippen LogP contribution in [0.25, 0.3) is 0 Å². The van der Waals surface area contributed by atoms with Crippen molar-refractivity contribution in [2.24, 2.45) is 5.92 Å². The molecule has 1 aromatic rings. The number of carbonyl (C=O) groups is 1. The Kier molecular flexibility index (Phi) is 5.71. The zero-order valence-corrected chi connectivity index (χ0v) is 14.1. The molecule has 1 N–H and O–H groups in total. The van der Waals surface area contributed by atoms with Gasteiger partial charge in [0.1, 0.15) is 17.3 Å². The first-order valence-corrected chi connectivity index (χ1v) is 7.99. The number of likely N-dealkylation sites (tertiary alicyclic amines) is 1. The second-order valence-electron chi connectivity index (χ2n) is 6.41. The fourth-order valence-electron chi connectivity index (χ4n) is 2.71. The predicted molar refractivity (Wildman–Crippen MR) is 88.1 cm³/mol. The highest BCUT2D eigenvalue weighted by atomic mass is 16.2. The van der Waals surface area contributed by atoms with Crippen molar-refractivity contribution in [1.29, 1.82) is 0 Å². The largest absolute Gasteiger partial charge is 0.369 e. The van der Waals surface area contributed by atoms with Gasteiger partial charge in [-0.25, -0.2) is 9.97 Å². The molecule has 0 saturated carbocycles. The maximum atomic E-state index is 12.6. The van der Waals surface area contributed by atoms with E-state index in [-0.39, 0.29) is 5.91 Å². The Balaban J connectivity index is 2.06. The van der Waals surface area contributed by atoms with Gasteiger partial charge in [0.15, 0.2) is 0 Å². The Morgan fingerprint density at radius 1 is 1.45 bits per heavy atom. The first-order chi connectivity index (χ1) is 10.5. The van der Waals surface area contributed by atoms with Crippen LogP contribution in [0.4, 0.5) is 5.82 Å². The van der Waals surface area contributed by atoms with Gasteiger partial charge in [0, 0.05) is 32.2 Å². The number of anilines is 1. The minimum Gasteiger partial charge on any atom is -0.369 e. The van der Waals surface area contributed by atoms with Crippen molar-refractivity contribution in [2.45, 2.75) is 26.7 Å². The van der Waals surface area contributed by atoms with Gasteiger partial charge in [0.05, 0.1) is 0 Å². The lowest BCUT2D eigenvalue weighted by Crippen LogP contribution is -2.39. The first kappa shape index (κ1) is 16.7. The van der Waals surface area contributed by atoms with Gasteiger partial charge in [-0.3, -0.25) is 4.79 Å². The van der Waals surface area contributed by atoms with Crippen LogP contribution in [0.2, 0.25) is 0 Å². The fourth-order valence-corrected chi connectivity index (χ4v) is 2.71. The Labute approximate surface area is 132 Å². The van der Waals surface area contributed by atoms with Crippen LogP contribution in [0.3, 0.4) is 0 Å². The smallest absolute Gasteiger partial charge is 0.272 e. The topological polar surface area (TPSA) is 61.4 Å². The van der Waals surface area contributed by atoms with Gasteiger partial charge in [-0.1, -0.05) is 6.92 Å². The quantitative estimate of drug-likeness (QED) is 0.896. The summed E-state index contributed by atoms with van der Waals surface area (Å²) in [5, 5.41) is 3.26. The van der Waals surface area contributed by atoms with Crippen molar-refractivity contribution in [3.05, 3.63) is 17.6 Å². The normalized spacial score (nSPS) is 18.6. The molecule has 1 aromatic heterocycles. The van der Waals surface area contributed by atoms with Crippen molar-refractivity contribution < 1.29 is 4.79 Å². The van der Waals surface area contributed by atoms with Gasteiger partial charge in [-0.15, -0.1) is 0 Å². The summed E-state index contributed by atoms with van der Waals surface area (Å²) in [5.74, 6) is 1.94. The van der Waals surface area contributed by atoms with Gasteiger partial charge < -0.3 is 15.1 Å². The highest BCUT2D eigenvalue weighted by Gasteiger charge is 2.23. The van der Waals surface area contributed by atoms with E-state index in [2.05, 4.69) is 27.1 Å². The molecule has 0 bridgehead atoms. The SMILES string of the molecule is Cc1nc(NCCN(C)C)cc(C(=O)N2CCCC(C)C2)n1. The second kappa shape index (κ2) is 7.54. The molecule has 1 amide bonds. The van der Waals surface area contributed by atoms with E-state index in [1.165, 1.54) is 6.42 Å². The second-order valence-corrected chi connectivity index (χ2v) is 6.41. The molecule has 0 aliphatic carbocycles. The zero-order chi connectivity index (χ0) is 16.1. The number of hydrogen-bond acceptors (Lipinski definition) is 5. The molecule has 22 heavy (non-hydrogen) atoms. The van der Waals surface area contributed by atoms with Crippen molar-refractivity contribution in [2.75, 3.05) is 45.6 Å². The number of carbonyl (C=O) groups excluding carboxylic acids is 1. The summed E-state index contributed by atoms with van der Waals surface area (Å²) in [6, 6.07) is 1.77. The van der Waals surface area contributed by atoms with E-state index in [0.29, 0.717) is 17.4 Å². The molecular formula is C16H27N5O. The minimum absolute atomic E-state index is 0.0210. The number of piperidine rings is 1. The number of nitrogens with one attached hydrogen (secondary N) is 1. The number of nitrogens with zero attached hydrogens (tertiary/aromatic N) is 4. The van der Waals surface area contributed by atoms with Crippen LogP contribution in [0.15, 0.2) is 6.07 Å². The number of rotatable bonds is 5. The number of aryl methyl sites for hydroxylation is 1. The Morgan fingerprint density at radius 2 is 2.23 bits per heavy atom. The fraction of sp³-hybridized carbons (Fsp3) is 0.688. The summed E-state index contributed by atoms with van der Waals surface area (Å²) >= 11 is 0. The molecule has 0 spiro atoms. The Bertz CT molecular complexity index is 517. The van der Waals surface area contributed by atoms with Gasteiger partial charge >= 0.3 is 0 Å². The molecule has 2 heterocycles. The Morgan fingerprint density at radius 3 is 2.91 bits per heavy atom. The highest BCUT2D eigenvalue weighted by molar-refractivity contribution is 5.93. The van der Waals surface area contributed by atoms with E-state index in [4.69, 9.17) is 0 Å². The van der Waals surface area contributed by atoms with E-state index < -0.39 is 0 Å². The van der Waals surface area contributed by atoms with Crippen molar-refractivity contribution >= 4 is 11.7 Å². The molecule has 6 heteroatoms. The number of aromatic nitrogens is 2. The lowest BCUT2D eigenvalue weighted by molar-refractivity contribution is 0.0676. The summed E-state index contributed by atoms with van der Waals surface area (Å²) in [6.07, 6.45) is 2.27. The molecule has 1 unspecified atom stereocenters. The summed E-state index contributed by atoms with van der Waals surface area (Å²) in [7, 11) is 4.05. The third-order valence-corrected chi connectivity index (χ3v) is 3.87. The molecule has 1 fully saturated rings. The third kappa shape index (κ3) is 4.66. The molecule has 0 radical (unpaired) electrons. The molecule has 2 rings (SSSR count). The van der Waals surface area contributed by atoms with E-state index >= 15 is 0 Å². The average molecular weight is 305 g/mol. The van der Waals surface area contributed by atoms with Crippen molar-refractivity contribution in [1.82, 2.24) is 19.8 Å². The highest BCUT2D eigenvalue weighted by Crippen LogP contribution is 2.18. The Hall–Kier alpha value is -1.69. The molecule has 1 aliphatic rings. The molecule has 6 nitrogen and oxygen atoms in total. The van der Waals surface area contributed by atoms with Crippen molar-refractivity contribution in [3.8, 4) is 0 Å². The molecule has 1 saturated heterocycles. The number of likely N-dealkylation sites (N-methyl/N-ethyl adjacent to an activating group) is 1. The van der Waals surface area contributed by atoms with Crippen LogP contribution in [-0.4, -0.2) is 65.9 Å². The van der Waals surface area contributed by atoms with Crippen LogP contribution in [-0.2, 0) is 0 Å². The summed E-state index contributed by atoms with van der Waals surface area (Å²) in [6.45, 7) is 7.38. The van der Waals surface area contributed by atoms with Gasteiger partial charge in [0.2, 0.25) is 0 Å². The molecule has 122 valence electrons. The zero-order valence-electron chi connectivity index (χ0n) is 14.1. The minimum atomic E-state index is 0.0210. The van der Waals surface area contributed by atoms with Crippen molar-refractivity contribution in [3.63, 3.8) is 0 Å². The number of hydrogen-bond donors (Lipinski definition) is 1. The molecular weight excluding hydrogens is 278 g/mol. The summed E-state index contributed by atoms with van der Waals surface area (Å²) in [4.78, 5) is 25.3. The standard InChI is InChI=1S/C16H27N5O/c1-12-6-5-8-21(11-12)16(22)14-10-15(19-13(2)18-14)17-7-9-20(3)4/h10,12H,5-9,11H2,1-4H3,(H,17,18,19). The van der Waals surface area contributed by atoms with Gasteiger partial charge in [-0.05, 0) is 39.8 Å². The maximum Gasteiger partial charge on any atom is 0.272 e. The monoisotopic (exact) mass is 305 g/mol. The van der Waals surface area contributed by atoms with Crippen LogP contribution in [0.5, 0.6) is 0 Å². The van der Waals surface area contributed by atoms with Crippen LogP contribution < -0.4 is 5.32 Å². The lowest BCUT2D eigenvalue weighted by Gasteiger charge is -2.30. The maximum absolute atomic E-state index is 12.6. The first-order valence-electron chi connectivity index (χ1n) is 7.99. The average Bonchev–Trinajstić information content (AvgIpc) is 2.45. The molecule has 1 aliphatic heterocycles. The van der Waals surface area contributed by atoms with E-state index in [1.54, 1.807) is 6.07 Å². The third-order valence-electron chi connectivity index (χ3n) is 3.87. The van der Waals surface area contributed by atoms with E-state index in [9.17, 15) is 4.79 Å². The van der Waals surface area contributed by atoms with Crippen LogP contribution >= 0.6 is 0 Å². The van der Waals surface area contributed by atoms with Gasteiger partial charge in [0.25, 0.3) is 5.91 Å².